The molecule has 2 N–H and O–H groups in total. The van der Waals surface area contributed by atoms with Gasteiger partial charge in [-0.3, -0.25) is 0 Å². The van der Waals surface area contributed by atoms with Gasteiger partial charge in [0.25, 0.3) is 0 Å². The molecule has 3 rings (SSSR count). The molecular formula is C24H33NO6. The quantitative estimate of drug-likeness (QED) is 0.158. The van der Waals surface area contributed by atoms with E-state index in [1.54, 1.807) is 31.2 Å². The van der Waals surface area contributed by atoms with Crippen LogP contribution in [0.2, 0.25) is 0 Å². The van der Waals surface area contributed by atoms with E-state index >= 15 is 0 Å². The summed E-state index contributed by atoms with van der Waals surface area (Å²) >= 11 is 0. The molecule has 0 bridgehead atoms. The highest BCUT2D eigenvalue weighted by Crippen LogP contribution is 2.39. The van der Waals surface area contributed by atoms with E-state index in [1.165, 1.54) is 0 Å². The number of carbonyl (C=O) groups is 2. The molecule has 0 aromatic heterocycles. The molecule has 2 aliphatic rings. The first-order valence-electron chi connectivity index (χ1n) is 11.1. The van der Waals surface area contributed by atoms with E-state index in [9.17, 15) is 9.59 Å². The van der Waals surface area contributed by atoms with Gasteiger partial charge in [0, 0.05) is 0 Å². The fourth-order valence-electron chi connectivity index (χ4n) is 3.48. The van der Waals surface area contributed by atoms with Gasteiger partial charge in [-0.25, -0.2) is 9.59 Å². The number of benzene rings is 1. The maximum atomic E-state index is 12.1. The van der Waals surface area contributed by atoms with Gasteiger partial charge in [-0.05, 0) is 69.2 Å². The number of hydrogen-bond acceptors (Lipinski definition) is 7. The minimum Gasteiger partial charge on any atom is -0.494 e. The van der Waals surface area contributed by atoms with Crippen LogP contribution in [-0.4, -0.2) is 43.4 Å². The van der Waals surface area contributed by atoms with Gasteiger partial charge in [0.1, 0.15) is 17.5 Å². The van der Waals surface area contributed by atoms with Crippen molar-refractivity contribution < 1.29 is 28.5 Å². The van der Waals surface area contributed by atoms with Crippen molar-refractivity contribution >= 4 is 11.9 Å². The van der Waals surface area contributed by atoms with Crippen molar-refractivity contribution in [1.82, 2.24) is 0 Å². The second-order valence-electron chi connectivity index (χ2n) is 8.31. The summed E-state index contributed by atoms with van der Waals surface area (Å²) in [6.45, 7) is 7.15. The van der Waals surface area contributed by atoms with Gasteiger partial charge < -0.3 is 24.7 Å². The number of nitrogens with two attached hydrogens (primary N) is 1. The fraction of sp³-hybridized carbons (Fsp3) is 0.583. The Balaban J connectivity index is 1.25. The Morgan fingerprint density at radius 1 is 1.19 bits per heavy atom. The standard InChI is InChI=1S/C24H33NO6/c1-3-28-23(27)24(16-30-24)12-6-4-5-7-13-29-19-8-10-20(11-9-19)31-22(26)21(25)15-18-14-17(18)2/h8-11,18,21H,2-7,12-16,25H2,1H3. The number of ether oxygens (including phenoxy) is 4. The van der Waals surface area contributed by atoms with Crippen molar-refractivity contribution in [2.24, 2.45) is 11.7 Å². The number of allylic oxidation sites excluding steroid dienone is 1. The average Bonchev–Trinajstić information content (AvgIpc) is 3.67. The highest BCUT2D eigenvalue weighted by Gasteiger charge is 2.52. The molecule has 1 saturated carbocycles. The summed E-state index contributed by atoms with van der Waals surface area (Å²) in [6.07, 6.45) is 6.13. The number of hydrogen-bond donors (Lipinski definition) is 1. The zero-order chi connectivity index (χ0) is 22.3. The van der Waals surface area contributed by atoms with Crippen LogP contribution in [0.15, 0.2) is 36.4 Å². The van der Waals surface area contributed by atoms with E-state index < -0.39 is 17.6 Å². The predicted octanol–water partition coefficient (Wildman–Crippen LogP) is 3.55. The van der Waals surface area contributed by atoms with Gasteiger partial charge in [0.2, 0.25) is 0 Å². The van der Waals surface area contributed by atoms with Crippen molar-refractivity contribution in [2.45, 2.75) is 63.5 Å². The number of unbranched alkanes of at least 4 members (excludes halogenated alkanes) is 3. The van der Waals surface area contributed by atoms with E-state index in [0.29, 0.717) is 44.3 Å². The predicted molar refractivity (Wildman–Crippen MR) is 116 cm³/mol. The molecule has 3 atom stereocenters. The number of esters is 2. The fourth-order valence-corrected chi connectivity index (χ4v) is 3.48. The molecule has 31 heavy (non-hydrogen) atoms. The van der Waals surface area contributed by atoms with Crippen LogP contribution in [0.4, 0.5) is 0 Å². The molecule has 170 valence electrons. The van der Waals surface area contributed by atoms with Crippen molar-refractivity contribution in [3.63, 3.8) is 0 Å². The third-order valence-electron chi connectivity index (χ3n) is 5.69. The minimum absolute atomic E-state index is 0.233. The maximum Gasteiger partial charge on any atom is 0.340 e. The van der Waals surface area contributed by atoms with Gasteiger partial charge in [-0.1, -0.05) is 25.0 Å². The van der Waals surface area contributed by atoms with Crippen LogP contribution in [0.3, 0.4) is 0 Å². The number of carbonyl (C=O) groups excluding carboxylic acids is 2. The molecule has 1 aliphatic carbocycles. The molecule has 1 saturated heterocycles. The largest absolute Gasteiger partial charge is 0.494 e. The van der Waals surface area contributed by atoms with Crippen molar-refractivity contribution in [3.8, 4) is 11.5 Å². The maximum absolute atomic E-state index is 12.1. The molecule has 1 aliphatic heterocycles. The SMILES string of the molecule is C=C1CC1CC(N)C(=O)Oc1ccc(OCCCCCCC2(C(=O)OCC)CO2)cc1. The van der Waals surface area contributed by atoms with Crippen LogP contribution in [-0.2, 0) is 19.1 Å². The molecule has 0 radical (unpaired) electrons. The third-order valence-corrected chi connectivity index (χ3v) is 5.69. The summed E-state index contributed by atoms with van der Waals surface area (Å²) in [5.74, 6) is 0.892. The van der Waals surface area contributed by atoms with Crippen LogP contribution in [0.1, 0.15) is 51.9 Å². The molecule has 0 spiro atoms. The molecule has 0 amide bonds. The van der Waals surface area contributed by atoms with E-state index in [4.69, 9.17) is 24.7 Å². The van der Waals surface area contributed by atoms with Crippen LogP contribution in [0, 0.1) is 5.92 Å². The van der Waals surface area contributed by atoms with Crippen molar-refractivity contribution in [2.75, 3.05) is 19.8 Å². The molecule has 7 heteroatoms. The highest BCUT2D eigenvalue weighted by molar-refractivity contribution is 5.82. The van der Waals surface area contributed by atoms with Gasteiger partial charge in [-0.15, -0.1) is 0 Å². The summed E-state index contributed by atoms with van der Waals surface area (Å²) in [7, 11) is 0. The second-order valence-corrected chi connectivity index (χ2v) is 8.31. The zero-order valence-electron chi connectivity index (χ0n) is 18.3. The van der Waals surface area contributed by atoms with Gasteiger partial charge in [0.15, 0.2) is 5.60 Å². The van der Waals surface area contributed by atoms with E-state index in [1.807, 2.05) is 0 Å². The first kappa shape index (κ1) is 23.3. The van der Waals surface area contributed by atoms with Crippen LogP contribution in [0.25, 0.3) is 0 Å². The Labute approximate surface area is 183 Å². The lowest BCUT2D eigenvalue weighted by atomic mass is 10.0. The van der Waals surface area contributed by atoms with Gasteiger partial charge >= 0.3 is 11.9 Å². The summed E-state index contributed by atoms with van der Waals surface area (Å²) in [6, 6.07) is 6.36. The van der Waals surface area contributed by atoms with E-state index in [0.717, 1.165) is 43.4 Å². The summed E-state index contributed by atoms with van der Waals surface area (Å²) < 4.78 is 21.5. The average molecular weight is 432 g/mol. The van der Waals surface area contributed by atoms with Crippen molar-refractivity contribution in [1.29, 1.82) is 0 Å². The monoisotopic (exact) mass is 431 g/mol. The van der Waals surface area contributed by atoms with E-state index in [2.05, 4.69) is 6.58 Å². The molecular weight excluding hydrogens is 398 g/mol. The second kappa shape index (κ2) is 10.8. The molecule has 1 heterocycles. The molecule has 2 fully saturated rings. The molecule has 7 nitrogen and oxygen atoms in total. The summed E-state index contributed by atoms with van der Waals surface area (Å²) in [5, 5.41) is 0. The number of epoxide rings is 1. The Morgan fingerprint density at radius 2 is 1.84 bits per heavy atom. The van der Waals surface area contributed by atoms with Gasteiger partial charge in [0.05, 0.1) is 19.8 Å². The van der Waals surface area contributed by atoms with Crippen LogP contribution < -0.4 is 15.2 Å². The Kier molecular flexibility index (Phi) is 8.09. The van der Waals surface area contributed by atoms with E-state index in [-0.39, 0.29) is 5.97 Å². The number of rotatable bonds is 14. The lowest BCUT2D eigenvalue weighted by Crippen LogP contribution is -2.34. The topological polar surface area (TPSA) is 100 Å². The normalized spacial score (nSPS) is 22.5. The summed E-state index contributed by atoms with van der Waals surface area (Å²) in [4.78, 5) is 23.9. The molecule has 1 aromatic rings. The first-order valence-corrected chi connectivity index (χ1v) is 11.1. The third kappa shape index (κ3) is 7.08. The highest BCUT2D eigenvalue weighted by atomic mass is 16.6. The molecule has 1 aromatic carbocycles. The molecule has 3 unspecified atom stereocenters. The lowest BCUT2D eigenvalue weighted by molar-refractivity contribution is -0.149. The van der Waals surface area contributed by atoms with Crippen LogP contribution in [0.5, 0.6) is 11.5 Å². The summed E-state index contributed by atoms with van der Waals surface area (Å²) in [5.41, 5.74) is 6.38. The minimum atomic E-state index is -0.672. The smallest absolute Gasteiger partial charge is 0.340 e. The Hall–Kier alpha value is -2.38. The lowest BCUT2D eigenvalue weighted by Gasteiger charge is -2.11. The van der Waals surface area contributed by atoms with Crippen LogP contribution >= 0.6 is 0 Å². The zero-order valence-corrected chi connectivity index (χ0v) is 18.3. The Morgan fingerprint density at radius 3 is 2.45 bits per heavy atom. The Bertz CT molecular complexity index is 771. The first-order chi connectivity index (χ1) is 14.9. The van der Waals surface area contributed by atoms with Gasteiger partial charge in [-0.2, -0.15) is 0 Å². The van der Waals surface area contributed by atoms with Crippen molar-refractivity contribution in [3.05, 3.63) is 36.4 Å².